The molecule has 2 heterocycles. The van der Waals surface area contributed by atoms with E-state index < -0.39 is 0 Å². The number of hydrogen-bond acceptors (Lipinski definition) is 3. The van der Waals surface area contributed by atoms with Crippen LogP contribution < -0.4 is 5.56 Å². The van der Waals surface area contributed by atoms with Crippen LogP contribution in [-0.2, 0) is 0 Å². The van der Waals surface area contributed by atoms with Crippen LogP contribution >= 0.6 is 0 Å². The van der Waals surface area contributed by atoms with Gasteiger partial charge in [-0.1, -0.05) is 18.2 Å². The molecule has 0 aliphatic carbocycles. The van der Waals surface area contributed by atoms with Crippen molar-refractivity contribution in [1.29, 1.82) is 0 Å². The van der Waals surface area contributed by atoms with Gasteiger partial charge >= 0.3 is 0 Å². The first-order valence-corrected chi connectivity index (χ1v) is 7.50. The number of aromatic amines is 1. The largest absolute Gasteiger partial charge is 0.330 e. The molecule has 1 unspecified atom stereocenters. The Balaban J connectivity index is 1.89. The number of carbonyl (C=O) groups excluding carboxylic acids is 1. The number of nitrogens with zero attached hydrogens (tertiary/aromatic N) is 2. The van der Waals surface area contributed by atoms with Crippen LogP contribution in [0.25, 0.3) is 0 Å². The van der Waals surface area contributed by atoms with E-state index in [1.807, 2.05) is 4.90 Å². The van der Waals surface area contributed by atoms with E-state index in [9.17, 15) is 9.59 Å². The lowest BCUT2D eigenvalue weighted by Gasteiger charge is -2.25. The summed E-state index contributed by atoms with van der Waals surface area (Å²) in [5.41, 5.74) is 3.64. The Morgan fingerprint density at radius 1 is 1.23 bits per heavy atom. The molecule has 22 heavy (non-hydrogen) atoms. The molecule has 0 bridgehead atoms. The van der Waals surface area contributed by atoms with Crippen LogP contribution in [0.4, 0.5) is 0 Å². The molecular formula is C17H19N3O2. The van der Waals surface area contributed by atoms with Crippen LogP contribution in [0.3, 0.4) is 0 Å². The van der Waals surface area contributed by atoms with E-state index in [4.69, 9.17) is 0 Å². The molecule has 0 radical (unpaired) electrons. The number of amides is 1. The van der Waals surface area contributed by atoms with Gasteiger partial charge in [0.15, 0.2) is 0 Å². The molecule has 1 aromatic heterocycles. The molecule has 2 aromatic rings. The molecule has 1 amide bonds. The quantitative estimate of drug-likeness (QED) is 0.925. The fourth-order valence-electron chi connectivity index (χ4n) is 2.94. The highest BCUT2D eigenvalue weighted by Gasteiger charge is 2.31. The summed E-state index contributed by atoms with van der Waals surface area (Å²) in [5, 5.41) is 6.18. The minimum Gasteiger partial charge on any atom is -0.330 e. The van der Waals surface area contributed by atoms with Crippen LogP contribution in [-0.4, -0.2) is 27.5 Å². The zero-order valence-corrected chi connectivity index (χ0v) is 12.8. The number of carbonyl (C=O) groups is 1. The van der Waals surface area contributed by atoms with Crippen molar-refractivity contribution in [3.63, 3.8) is 0 Å². The minimum absolute atomic E-state index is 0.0838. The van der Waals surface area contributed by atoms with E-state index in [-0.39, 0.29) is 23.2 Å². The van der Waals surface area contributed by atoms with Gasteiger partial charge in [-0.3, -0.25) is 9.59 Å². The smallest absolute Gasteiger partial charge is 0.274 e. The molecule has 5 heteroatoms. The maximum absolute atomic E-state index is 12.6. The van der Waals surface area contributed by atoms with Crippen LogP contribution in [0.5, 0.6) is 0 Å². The number of aromatic nitrogens is 2. The molecule has 3 rings (SSSR count). The van der Waals surface area contributed by atoms with Gasteiger partial charge in [0.1, 0.15) is 5.69 Å². The summed E-state index contributed by atoms with van der Waals surface area (Å²) < 4.78 is 0. The van der Waals surface area contributed by atoms with E-state index in [0.717, 1.165) is 19.4 Å². The highest BCUT2D eigenvalue weighted by molar-refractivity contribution is 5.92. The second-order valence-electron chi connectivity index (χ2n) is 5.81. The van der Waals surface area contributed by atoms with E-state index in [0.29, 0.717) is 0 Å². The average molecular weight is 297 g/mol. The Kier molecular flexibility index (Phi) is 3.79. The molecule has 1 saturated heterocycles. The van der Waals surface area contributed by atoms with Gasteiger partial charge in [-0.25, -0.2) is 5.10 Å². The van der Waals surface area contributed by atoms with Crippen molar-refractivity contribution < 1.29 is 4.79 Å². The lowest BCUT2D eigenvalue weighted by molar-refractivity contribution is 0.0728. The van der Waals surface area contributed by atoms with Crippen LogP contribution in [0, 0.1) is 13.8 Å². The Labute approximate surface area is 129 Å². The zero-order chi connectivity index (χ0) is 15.7. The van der Waals surface area contributed by atoms with Crippen molar-refractivity contribution in [3.8, 4) is 0 Å². The summed E-state index contributed by atoms with van der Waals surface area (Å²) in [6.07, 6.45) is 1.93. The summed E-state index contributed by atoms with van der Waals surface area (Å²) in [6, 6.07) is 9.26. The second-order valence-corrected chi connectivity index (χ2v) is 5.81. The van der Waals surface area contributed by atoms with E-state index in [1.54, 1.807) is 0 Å². The molecule has 5 nitrogen and oxygen atoms in total. The van der Waals surface area contributed by atoms with Gasteiger partial charge in [0, 0.05) is 12.6 Å². The number of benzene rings is 1. The van der Waals surface area contributed by atoms with Crippen LogP contribution in [0.15, 0.2) is 35.1 Å². The Hall–Kier alpha value is -2.43. The number of rotatable bonds is 2. The molecule has 1 N–H and O–H groups in total. The molecule has 114 valence electrons. The summed E-state index contributed by atoms with van der Waals surface area (Å²) in [7, 11) is 0. The van der Waals surface area contributed by atoms with Gasteiger partial charge in [-0.2, -0.15) is 5.10 Å². The van der Waals surface area contributed by atoms with E-state index in [1.165, 1.54) is 28.8 Å². The first-order valence-electron chi connectivity index (χ1n) is 7.50. The lowest BCUT2D eigenvalue weighted by atomic mass is 9.99. The minimum atomic E-state index is -0.302. The predicted octanol–water partition coefficient (Wildman–Crippen LogP) is 2.36. The monoisotopic (exact) mass is 297 g/mol. The van der Waals surface area contributed by atoms with Gasteiger partial charge in [0.2, 0.25) is 0 Å². The second kappa shape index (κ2) is 5.75. The number of likely N-dealkylation sites (tertiary alicyclic amines) is 1. The third kappa shape index (κ3) is 2.66. The number of aryl methyl sites for hydroxylation is 2. The van der Waals surface area contributed by atoms with Gasteiger partial charge < -0.3 is 4.90 Å². The fraction of sp³-hybridized carbons (Fsp3) is 0.353. The summed E-state index contributed by atoms with van der Waals surface area (Å²) in [5.74, 6) is -0.128. The third-order valence-electron chi connectivity index (χ3n) is 4.33. The first kappa shape index (κ1) is 14.5. The molecule has 1 aliphatic heterocycles. The maximum Gasteiger partial charge on any atom is 0.274 e. The topological polar surface area (TPSA) is 66.1 Å². The van der Waals surface area contributed by atoms with Gasteiger partial charge in [-0.15, -0.1) is 0 Å². The Morgan fingerprint density at radius 3 is 2.73 bits per heavy atom. The Bertz CT molecular complexity index is 746. The number of H-pyrrole nitrogens is 1. The standard InChI is InChI=1S/C17H19N3O2/c1-11-5-6-13(10-12(11)2)15-4-3-9-20(15)17(22)14-7-8-16(21)19-18-14/h5-8,10,15H,3-4,9H2,1-2H3,(H,19,21). The van der Waals surface area contributed by atoms with Gasteiger partial charge in [0.05, 0.1) is 6.04 Å². The van der Waals surface area contributed by atoms with E-state index >= 15 is 0 Å². The highest BCUT2D eigenvalue weighted by Crippen LogP contribution is 2.33. The maximum atomic E-state index is 12.6. The molecule has 1 aromatic carbocycles. The average Bonchev–Trinajstić information content (AvgIpc) is 2.99. The third-order valence-corrected chi connectivity index (χ3v) is 4.33. The van der Waals surface area contributed by atoms with Crippen molar-refractivity contribution >= 4 is 5.91 Å². The Morgan fingerprint density at radius 2 is 2.05 bits per heavy atom. The summed E-state index contributed by atoms with van der Waals surface area (Å²) in [6.45, 7) is 4.89. The molecule has 1 aliphatic rings. The van der Waals surface area contributed by atoms with Crippen LogP contribution in [0.2, 0.25) is 0 Å². The molecule has 1 atom stereocenters. The molecule has 0 spiro atoms. The highest BCUT2D eigenvalue weighted by atomic mass is 16.2. The fourth-order valence-corrected chi connectivity index (χ4v) is 2.94. The summed E-state index contributed by atoms with van der Waals surface area (Å²) in [4.78, 5) is 25.6. The molecule has 0 saturated carbocycles. The normalized spacial score (nSPS) is 17.7. The van der Waals surface area contributed by atoms with Crippen molar-refractivity contribution in [2.24, 2.45) is 0 Å². The summed E-state index contributed by atoms with van der Waals surface area (Å²) >= 11 is 0. The van der Waals surface area contributed by atoms with Gasteiger partial charge in [-0.05, 0) is 49.4 Å². The zero-order valence-electron chi connectivity index (χ0n) is 12.8. The van der Waals surface area contributed by atoms with Crippen molar-refractivity contribution in [2.45, 2.75) is 32.7 Å². The van der Waals surface area contributed by atoms with Crippen molar-refractivity contribution in [1.82, 2.24) is 15.1 Å². The van der Waals surface area contributed by atoms with Crippen molar-refractivity contribution in [3.05, 3.63) is 63.1 Å². The lowest BCUT2D eigenvalue weighted by Crippen LogP contribution is -2.32. The van der Waals surface area contributed by atoms with Crippen molar-refractivity contribution in [2.75, 3.05) is 6.54 Å². The molecule has 1 fully saturated rings. The van der Waals surface area contributed by atoms with Crippen LogP contribution in [0.1, 0.15) is 46.1 Å². The predicted molar refractivity (Wildman–Crippen MR) is 83.8 cm³/mol. The SMILES string of the molecule is Cc1ccc(C2CCCN2C(=O)c2ccc(=O)[nH]n2)cc1C. The number of nitrogens with one attached hydrogen (secondary N) is 1. The first-order chi connectivity index (χ1) is 10.6. The van der Waals surface area contributed by atoms with Gasteiger partial charge in [0.25, 0.3) is 11.5 Å². The number of hydrogen-bond donors (Lipinski definition) is 1. The van der Waals surface area contributed by atoms with E-state index in [2.05, 4.69) is 42.2 Å². The molecular weight excluding hydrogens is 278 g/mol.